The molecule has 0 saturated heterocycles. The van der Waals surface area contributed by atoms with Gasteiger partial charge >= 0.3 is 0 Å². The molecule has 0 rings (SSSR count). The van der Waals surface area contributed by atoms with E-state index in [0.29, 0.717) is 0 Å². The van der Waals surface area contributed by atoms with E-state index in [1.54, 1.807) is 0 Å². The molecule has 8 heavy (non-hydrogen) atoms. The summed E-state index contributed by atoms with van der Waals surface area (Å²) >= 11 is 0. The fraction of sp³-hybridized carbons (Fsp3) is 0.857. The van der Waals surface area contributed by atoms with Gasteiger partial charge in [0.25, 0.3) is 0 Å². The van der Waals surface area contributed by atoms with E-state index in [4.69, 9.17) is 12.3 Å². The summed E-state index contributed by atoms with van der Waals surface area (Å²) in [5, 5.41) is 0. The molecule has 0 aliphatic heterocycles. The van der Waals surface area contributed by atoms with Crippen molar-refractivity contribution in [2.24, 2.45) is 5.92 Å². The molecule has 0 aliphatic rings. The monoisotopic (exact) mass is 123 g/mol. The number of carbonyl (C=O) groups excluding carboxylic acids is 1. The van der Waals surface area contributed by atoms with Crippen LogP contribution < -0.4 is 0 Å². The van der Waals surface area contributed by atoms with E-state index in [2.05, 4.69) is 0 Å². The van der Waals surface area contributed by atoms with Crippen LogP contribution in [0.1, 0.15) is 45.2 Å². The highest BCUT2D eigenvalue weighted by molar-refractivity contribution is 5.52. The first kappa shape index (κ1) is 1.39. The molecule has 0 fully saturated rings. The topological polar surface area (TPSA) is 17.1 Å². The third-order valence-electron chi connectivity index (χ3n) is 0.566. The van der Waals surface area contributed by atoms with Crippen LogP contribution in [0.25, 0.3) is 0 Å². The smallest absolute Gasteiger partial charge is 0.122 e. The van der Waals surface area contributed by atoms with E-state index in [9.17, 15) is 4.79 Å². The number of rotatable bonds is 4. The SMILES string of the molecule is [2H]C([2H])([2H])C([2H])([2H])C([2H])([2H])C([2H])([2H])C(C)C=O. The zero-order valence-electron chi connectivity index (χ0n) is 13.6. The molecule has 0 bridgehead atoms. The Morgan fingerprint density at radius 2 is 2.75 bits per heavy atom. The predicted molar refractivity (Wildman–Crippen MR) is 34.8 cm³/mol. The molecule has 0 radical (unpaired) electrons. The number of carbonyl (C=O) groups is 1. The second kappa shape index (κ2) is 4.82. The lowest BCUT2D eigenvalue weighted by molar-refractivity contribution is -0.110. The van der Waals surface area contributed by atoms with Crippen LogP contribution >= 0.6 is 0 Å². The van der Waals surface area contributed by atoms with Crippen molar-refractivity contribution in [3.05, 3.63) is 0 Å². The van der Waals surface area contributed by atoms with E-state index in [0.717, 1.165) is 6.92 Å². The number of hydrogen-bond donors (Lipinski definition) is 0. The summed E-state index contributed by atoms with van der Waals surface area (Å²) in [4.78, 5) is 10.5. The molecule has 0 aromatic heterocycles. The van der Waals surface area contributed by atoms with Gasteiger partial charge in [-0.3, -0.25) is 0 Å². The molecule has 0 N–H and O–H groups in total. The fourth-order valence-electron chi connectivity index (χ4n) is 0.184. The van der Waals surface area contributed by atoms with Crippen LogP contribution in [0.15, 0.2) is 0 Å². The Morgan fingerprint density at radius 3 is 3.25 bits per heavy atom. The van der Waals surface area contributed by atoms with Crippen LogP contribution in [0, 0.1) is 5.92 Å². The highest BCUT2D eigenvalue weighted by Crippen LogP contribution is 2.02. The summed E-state index contributed by atoms with van der Waals surface area (Å²) in [7, 11) is 0. The van der Waals surface area contributed by atoms with E-state index in [1.165, 1.54) is 0 Å². The first-order chi connectivity index (χ1) is 7.23. The standard InChI is InChI=1S/C7H14O/c1-3-4-5-7(2)6-8/h6-7H,3-5H2,1-2H3/i1D3,3D2,4D2,5D2. The van der Waals surface area contributed by atoms with Gasteiger partial charge in [0.2, 0.25) is 0 Å². The normalized spacial score (nSPS) is 36.9. The van der Waals surface area contributed by atoms with Crippen LogP contribution in [0.2, 0.25) is 0 Å². The van der Waals surface area contributed by atoms with Crippen molar-refractivity contribution < 1.29 is 17.1 Å². The third kappa shape index (κ3) is 3.85. The van der Waals surface area contributed by atoms with Crippen molar-refractivity contribution in [2.45, 2.75) is 32.9 Å². The highest BCUT2D eigenvalue weighted by Gasteiger charge is 1.95. The lowest BCUT2D eigenvalue weighted by Crippen LogP contribution is -1.93. The molecule has 0 aromatic rings. The molecule has 1 unspecified atom stereocenters. The Balaban J connectivity index is 5.63. The Hall–Kier alpha value is -0.330. The Morgan fingerprint density at radius 1 is 2.00 bits per heavy atom. The first-order valence-corrected chi connectivity index (χ1v) is 2.19. The van der Waals surface area contributed by atoms with Crippen LogP contribution in [-0.2, 0) is 4.79 Å². The maximum Gasteiger partial charge on any atom is 0.122 e. The summed E-state index contributed by atoms with van der Waals surface area (Å²) in [5.41, 5.74) is 0. The molecule has 1 nitrogen and oxygen atoms in total. The van der Waals surface area contributed by atoms with Crippen LogP contribution in [0.5, 0.6) is 0 Å². The molecule has 1 atom stereocenters. The van der Waals surface area contributed by atoms with Crippen LogP contribution in [0.4, 0.5) is 0 Å². The number of aldehydes is 1. The van der Waals surface area contributed by atoms with Crippen molar-refractivity contribution in [2.75, 3.05) is 0 Å². The minimum atomic E-state index is -3.40. The van der Waals surface area contributed by atoms with Crippen LogP contribution in [-0.4, -0.2) is 6.29 Å². The second-order valence-corrected chi connectivity index (χ2v) is 1.32. The molecular formula is C7H14O. The molecule has 48 valence electrons. The van der Waals surface area contributed by atoms with E-state index in [1.807, 2.05) is 0 Å². The van der Waals surface area contributed by atoms with E-state index < -0.39 is 31.9 Å². The zero-order valence-corrected chi connectivity index (χ0v) is 4.56. The van der Waals surface area contributed by atoms with Gasteiger partial charge in [0, 0.05) is 18.3 Å². The van der Waals surface area contributed by atoms with Crippen molar-refractivity contribution in [3.8, 4) is 0 Å². The summed E-state index contributed by atoms with van der Waals surface area (Å²) in [6.45, 7) is -2.26. The van der Waals surface area contributed by atoms with E-state index >= 15 is 0 Å². The van der Waals surface area contributed by atoms with Gasteiger partial charge in [-0.1, -0.05) is 26.5 Å². The van der Waals surface area contributed by atoms with Gasteiger partial charge in [-0.05, 0) is 6.37 Å². The van der Waals surface area contributed by atoms with Crippen molar-refractivity contribution in [1.82, 2.24) is 0 Å². The van der Waals surface area contributed by atoms with Gasteiger partial charge in [0.05, 0.1) is 0 Å². The summed E-state index contributed by atoms with van der Waals surface area (Å²) in [5.74, 6) is -1.46. The summed E-state index contributed by atoms with van der Waals surface area (Å²) in [6.07, 6.45) is -9.52. The molecular weight excluding hydrogens is 100 g/mol. The molecule has 0 spiro atoms. The van der Waals surface area contributed by atoms with Gasteiger partial charge in [-0.15, -0.1) is 0 Å². The maximum absolute atomic E-state index is 10.5. The predicted octanol–water partition coefficient (Wildman–Crippen LogP) is 2.01. The molecule has 0 aromatic carbocycles. The van der Waals surface area contributed by atoms with Crippen molar-refractivity contribution in [1.29, 1.82) is 0 Å². The van der Waals surface area contributed by atoms with Gasteiger partial charge in [-0.25, -0.2) is 0 Å². The lowest BCUT2D eigenvalue weighted by Gasteiger charge is -1.97. The second-order valence-electron chi connectivity index (χ2n) is 1.32. The zero-order chi connectivity index (χ0) is 14.3. The molecule has 0 heterocycles. The van der Waals surface area contributed by atoms with Crippen molar-refractivity contribution in [3.63, 3.8) is 0 Å². The Kier molecular flexibility index (Phi) is 0.837. The van der Waals surface area contributed by atoms with E-state index in [-0.39, 0.29) is 6.29 Å². The average molecular weight is 123 g/mol. The summed E-state index contributed by atoms with van der Waals surface area (Å²) in [6, 6.07) is 0. The molecule has 0 amide bonds. The van der Waals surface area contributed by atoms with Gasteiger partial charge in [0.15, 0.2) is 0 Å². The third-order valence-corrected chi connectivity index (χ3v) is 0.566. The largest absolute Gasteiger partial charge is 0.303 e. The fourth-order valence-corrected chi connectivity index (χ4v) is 0.184. The van der Waals surface area contributed by atoms with Crippen molar-refractivity contribution >= 4 is 6.29 Å². The van der Waals surface area contributed by atoms with Gasteiger partial charge in [0.1, 0.15) is 6.29 Å². The molecule has 1 heteroatoms. The Labute approximate surface area is 63.7 Å². The Bertz CT molecular complexity index is 292. The first-order valence-electron chi connectivity index (χ1n) is 6.69. The number of hydrogen-bond acceptors (Lipinski definition) is 1. The minimum Gasteiger partial charge on any atom is -0.303 e. The minimum absolute atomic E-state index is 0.132. The summed E-state index contributed by atoms with van der Waals surface area (Å²) < 4.78 is 65.1. The maximum atomic E-state index is 10.5. The quantitative estimate of drug-likeness (QED) is 0.523. The molecule has 0 saturated carbocycles. The average Bonchev–Trinajstić information content (AvgIpc) is 2.13. The highest BCUT2D eigenvalue weighted by atomic mass is 16.1. The van der Waals surface area contributed by atoms with Crippen LogP contribution in [0.3, 0.4) is 0 Å². The lowest BCUT2D eigenvalue weighted by atomic mass is 10.1. The van der Waals surface area contributed by atoms with Gasteiger partial charge in [-0.2, -0.15) is 0 Å². The molecule has 0 aliphatic carbocycles. The van der Waals surface area contributed by atoms with Gasteiger partial charge < -0.3 is 4.79 Å².